The van der Waals surface area contributed by atoms with E-state index in [0.29, 0.717) is 16.5 Å². The molecule has 1 rings (SSSR count). The Balaban J connectivity index is 2.68. The second-order valence-corrected chi connectivity index (χ2v) is 3.64. The fraction of sp³-hybridized carbons (Fsp3) is 0.300. The third-order valence-electron chi connectivity index (χ3n) is 1.86. The first-order valence-electron chi connectivity index (χ1n) is 4.15. The number of hydrogen-bond acceptors (Lipinski definition) is 2. The summed E-state index contributed by atoms with van der Waals surface area (Å²) >= 11 is 3.08. The molecule has 0 aliphatic rings. The Kier molecular flexibility index (Phi) is 4.07. The maximum atomic E-state index is 13.4. The van der Waals surface area contributed by atoms with Gasteiger partial charge in [-0.1, -0.05) is 12.1 Å². The summed E-state index contributed by atoms with van der Waals surface area (Å²) in [6.07, 6.45) is 0.557. The van der Waals surface area contributed by atoms with Crippen molar-refractivity contribution in [3.63, 3.8) is 0 Å². The number of halogens is 2. The van der Waals surface area contributed by atoms with Crippen molar-refractivity contribution in [1.82, 2.24) is 0 Å². The summed E-state index contributed by atoms with van der Waals surface area (Å²) in [6.45, 7) is 0. The van der Waals surface area contributed by atoms with Crippen LogP contribution < -0.4 is 0 Å². The van der Waals surface area contributed by atoms with Crippen molar-refractivity contribution in [3.05, 3.63) is 34.1 Å². The molecule has 14 heavy (non-hydrogen) atoms. The Morgan fingerprint density at radius 1 is 1.57 bits per heavy atom. The van der Waals surface area contributed by atoms with Crippen LogP contribution in [0.1, 0.15) is 12.0 Å². The fourth-order valence-corrected chi connectivity index (χ4v) is 1.49. The van der Waals surface area contributed by atoms with Gasteiger partial charge in [0.15, 0.2) is 0 Å². The lowest BCUT2D eigenvalue weighted by Crippen LogP contribution is -2.03. The molecule has 0 aliphatic carbocycles. The van der Waals surface area contributed by atoms with E-state index in [1.807, 2.05) is 0 Å². The topological polar surface area (TPSA) is 26.3 Å². The molecule has 0 aromatic heterocycles. The van der Waals surface area contributed by atoms with E-state index in [1.54, 1.807) is 18.2 Å². The van der Waals surface area contributed by atoms with Crippen LogP contribution in [-0.2, 0) is 16.0 Å². The number of benzene rings is 1. The number of aryl methyl sites for hydroxylation is 1. The Hall–Kier alpha value is -0.900. The van der Waals surface area contributed by atoms with Crippen molar-refractivity contribution < 1.29 is 13.9 Å². The molecule has 2 nitrogen and oxygen atoms in total. The maximum absolute atomic E-state index is 13.4. The zero-order valence-electron chi connectivity index (χ0n) is 7.72. The number of hydrogen-bond donors (Lipinski definition) is 0. The van der Waals surface area contributed by atoms with Crippen molar-refractivity contribution in [2.24, 2.45) is 0 Å². The van der Waals surface area contributed by atoms with Gasteiger partial charge < -0.3 is 4.74 Å². The number of ether oxygens (including phenoxy) is 1. The van der Waals surface area contributed by atoms with E-state index in [2.05, 4.69) is 20.7 Å². The van der Waals surface area contributed by atoms with Crippen LogP contribution in [0.2, 0.25) is 0 Å². The smallest absolute Gasteiger partial charge is 0.305 e. The van der Waals surface area contributed by atoms with Gasteiger partial charge in [-0.05, 0) is 34.0 Å². The highest BCUT2D eigenvalue weighted by Gasteiger charge is 2.07. The van der Waals surface area contributed by atoms with Crippen LogP contribution in [0, 0.1) is 5.82 Å². The number of carbonyl (C=O) groups excluding carboxylic acids is 1. The SMILES string of the molecule is COC(=O)CCc1cccc(Br)c1F. The average molecular weight is 261 g/mol. The molecule has 0 bridgehead atoms. The molecule has 4 heteroatoms. The van der Waals surface area contributed by atoms with Gasteiger partial charge in [-0.25, -0.2) is 4.39 Å². The van der Waals surface area contributed by atoms with Crippen LogP contribution in [-0.4, -0.2) is 13.1 Å². The molecule has 0 aliphatic heterocycles. The molecule has 0 spiro atoms. The molecule has 0 amide bonds. The lowest BCUT2D eigenvalue weighted by atomic mass is 10.1. The first kappa shape index (κ1) is 11.2. The zero-order valence-corrected chi connectivity index (χ0v) is 9.30. The highest BCUT2D eigenvalue weighted by atomic mass is 79.9. The summed E-state index contributed by atoms with van der Waals surface area (Å²) in [5.41, 5.74) is 0.518. The summed E-state index contributed by atoms with van der Waals surface area (Å²) < 4.78 is 18.2. The summed E-state index contributed by atoms with van der Waals surface area (Å²) in [5.74, 6) is -0.638. The van der Waals surface area contributed by atoms with Gasteiger partial charge in [-0.15, -0.1) is 0 Å². The van der Waals surface area contributed by atoms with Crippen LogP contribution >= 0.6 is 15.9 Å². The molecule has 0 heterocycles. The Labute approximate surface area is 90.2 Å². The molecule has 0 saturated heterocycles. The average Bonchev–Trinajstić information content (AvgIpc) is 2.20. The van der Waals surface area contributed by atoms with E-state index < -0.39 is 0 Å². The number of methoxy groups -OCH3 is 1. The van der Waals surface area contributed by atoms with Crippen molar-refractivity contribution in [2.45, 2.75) is 12.8 Å². The number of esters is 1. The Morgan fingerprint density at radius 3 is 2.93 bits per heavy atom. The molecule has 0 saturated carbocycles. The largest absolute Gasteiger partial charge is 0.469 e. The maximum Gasteiger partial charge on any atom is 0.305 e. The lowest BCUT2D eigenvalue weighted by molar-refractivity contribution is -0.140. The first-order valence-corrected chi connectivity index (χ1v) is 4.94. The number of rotatable bonds is 3. The van der Waals surface area contributed by atoms with Crippen molar-refractivity contribution in [3.8, 4) is 0 Å². The first-order chi connectivity index (χ1) is 6.65. The molecule has 0 atom stereocenters. The molecule has 1 aromatic rings. The van der Waals surface area contributed by atoms with Crippen LogP contribution in [0.15, 0.2) is 22.7 Å². The lowest BCUT2D eigenvalue weighted by Gasteiger charge is -2.03. The van der Waals surface area contributed by atoms with Gasteiger partial charge >= 0.3 is 5.97 Å². The van der Waals surface area contributed by atoms with Crippen molar-refractivity contribution in [1.29, 1.82) is 0 Å². The van der Waals surface area contributed by atoms with E-state index in [0.717, 1.165) is 0 Å². The fourth-order valence-electron chi connectivity index (χ4n) is 1.08. The molecule has 0 N–H and O–H groups in total. The van der Waals surface area contributed by atoms with Crippen LogP contribution in [0.4, 0.5) is 4.39 Å². The molecule has 0 radical (unpaired) electrons. The molecule has 0 fully saturated rings. The van der Waals surface area contributed by atoms with Gasteiger partial charge in [0.05, 0.1) is 11.6 Å². The standard InChI is InChI=1S/C10H10BrFO2/c1-14-9(13)6-5-7-3-2-4-8(11)10(7)12/h2-4H,5-6H2,1H3. The minimum Gasteiger partial charge on any atom is -0.469 e. The van der Waals surface area contributed by atoms with Crippen LogP contribution in [0.3, 0.4) is 0 Å². The minimum absolute atomic E-state index is 0.198. The van der Waals surface area contributed by atoms with Gasteiger partial charge in [0, 0.05) is 6.42 Å². The third kappa shape index (κ3) is 2.80. The van der Waals surface area contributed by atoms with E-state index in [-0.39, 0.29) is 18.2 Å². The van der Waals surface area contributed by atoms with E-state index in [9.17, 15) is 9.18 Å². The van der Waals surface area contributed by atoms with E-state index >= 15 is 0 Å². The second-order valence-electron chi connectivity index (χ2n) is 2.79. The summed E-state index contributed by atoms with van der Waals surface area (Å²) in [4.78, 5) is 10.8. The molecule has 0 unspecified atom stereocenters. The Bertz CT molecular complexity index is 339. The normalized spacial score (nSPS) is 9.93. The molecular weight excluding hydrogens is 251 g/mol. The molecule has 76 valence electrons. The zero-order chi connectivity index (χ0) is 10.6. The van der Waals surface area contributed by atoms with Crippen LogP contribution in [0.5, 0.6) is 0 Å². The Morgan fingerprint density at radius 2 is 2.29 bits per heavy atom. The van der Waals surface area contributed by atoms with Gasteiger partial charge in [0.1, 0.15) is 5.82 Å². The summed E-state index contributed by atoms with van der Waals surface area (Å²) in [7, 11) is 1.32. The minimum atomic E-state index is -0.329. The van der Waals surface area contributed by atoms with Gasteiger partial charge in [-0.2, -0.15) is 0 Å². The van der Waals surface area contributed by atoms with Gasteiger partial charge in [-0.3, -0.25) is 4.79 Å². The second kappa shape index (κ2) is 5.10. The van der Waals surface area contributed by atoms with E-state index in [1.165, 1.54) is 7.11 Å². The monoisotopic (exact) mass is 260 g/mol. The van der Waals surface area contributed by atoms with Crippen molar-refractivity contribution >= 4 is 21.9 Å². The predicted molar refractivity (Wildman–Crippen MR) is 54.4 cm³/mol. The third-order valence-corrected chi connectivity index (χ3v) is 2.47. The quantitative estimate of drug-likeness (QED) is 0.782. The van der Waals surface area contributed by atoms with E-state index in [4.69, 9.17) is 0 Å². The molecular formula is C10H10BrFO2. The predicted octanol–water partition coefficient (Wildman–Crippen LogP) is 2.69. The van der Waals surface area contributed by atoms with Gasteiger partial charge in [0.25, 0.3) is 0 Å². The highest BCUT2D eigenvalue weighted by molar-refractivity contribution is 9.10. The highest BCUT2D eigenvalue weighted by Crippen LogP contribution is 2.19. The molecule has 1 aromatic carbocycles. The van der Waals surface area contributed by atoms with Gasteiger partial charge in [0.2, 0.25) is 0 Å². The van der Waals surface area contributed by atoms with Crippen molar-refractivity contribution in [2.75, 3.05) is 7.11 Å². The number of carbonyl (C=O) groups is 1. The van der Waals surface area contributed by atoms with Crippen LogP contribution in [0.25, 0.3) is 0 Å². The summed E-state index contributed by atoms with van der Waals surface area (Å²) in [5, 5.41) is 0. The summed E-state index contributed by atoms with van der Waals surface area (Å²) in [6, 6.07) is 5.01.